The van der Waals surface area contributed by atoms with Crippen LogP contribution in [0.3, 0.4) is 0 Å². The maximum atomic E-state index is 10.0. The van der Waals surface area contributed by atoms with Crippen molar-refractivity contribution in [2.75, 3.05) is 19.8 Å². The maximum absolute atomic E-state index is 10.0. The molecule has 0 aromatic heterocycles. The van der Waals surface area contributed by atoms with E-state index in [1.54, 1.807) is 0 Å². The molecule has 1 aliphatic rings. The summed E-state index contributed by atoms with van der Waals surface area (Å²) in [5, 5.41) is 13.4. The minimum atomic E-state index is -0.430. The third kappa shape index (κ3) is 3.53. The average Bonchev–Trinajstić information content (AvgIpc) is 2.90. The molecule has 17 heavy (non-hydrogen) atoms. The van der Waals surface area contributed by atoms with E-state index in [0.29, 0.717) is 18.5 Å². The van der Waals surface area contributed by atoms with E-state index >= 15 is 0 Å². The zero-order valence-corrected chi connectivity index (χ0v) is 10.3. The van der Waals surface area contributed by atoms with Gasteiger partial charge in [0.05, 0.1) is 12.7 Å². The molecule has 0 radical (unpaired) electrons. The molecular weight excluding hydrogens is 214 g/mol. The first-order valence-electron chi connectivity index (χ1n) is 6.31. The highest BCUT2D eigenvalue weighted by Gasteiger charge is 2.22. The predicted octanol–water partition coefficient (Wildman–Crippen LogP) is 1.73. The second-order valence-electron chi connectivity index (χ2n) is 4.75. The quantitative estimate of drug-likeness (QED) is 0.816. The van der Waals surface area contributed by atoms with E-state index in [-0.39, 0.29) is 0 Å². The summed E-state index contributed by atoms with van der Waals surface area (Å²) in [5.41, 5.74) is 0.967. The van der Waals surface area contributed by atoms with Gasteiger partial charge in [0.1, 0.15) is 0 Å². The number of ether oxygens (including phenoxy) is 1. The molecular formula is C14H21NO2. The molecule has 0 bridgehead atoms. The summed E-state index contributed by atoms with van der Waals surface area (Å²) < 4.78 is 5.37. The Hall–Kier alpha value is -0.900. The summed E-state index contributed by atoms with van der Waals surface area (Å²) in [6.45, 7) is 4.48. The molecule has 1 fully saturated rings. The summed E-state index contributed by atoms with van der Waals surface area (Å²) >= 11 is 0. The number of hydrogen-bond donors (Lipinski definition) is 2. The first-order chi connectivity index (χ1) is 8.27. The third-order valence-electron chi connectivity index (χ3n) is 3.49. The highest BCUT2D eigenvalue weighted by molar-refractivity contribution is 5.17. The molecule has 0 aliphatic carbocycles. The first-order valence-corrected chi connectivity index (χ1v) is 6.31. The van der Waals surface area contributed by atoms with E-state index in [2.05, 4.69) is 12.2 Å². The van der Waals surface area contributed by atoms with Crippen molar-refractivity contribution in [1.29, 1.82) is 0 Å². The van der Waals surface area contributed by atoms with Gasteiger partial charge in [-0.05, 0) is 24.8 Å². The largest absolute Gasteiger partial charge is 0.387 e. The summed E-state index contributed by atoms with van der Waals surface area (Å²) in [5.74, 6) is 0.581. The van der Waals surface area contributed by atoms with E-state index < -0.39 is 6.10 Å². The zero-order chi connectivity index (χ0) is 12.1. The topological polar surface area (TPSA) is 41.5 Å². The Morgan fingerprint density at radius 2 is 2.18 bits per heavy atom. The molecule has 3 nitrogen and oxygen atoms in total. The lowest BCUT2D eigenvalue weighted by molar-refractivity contribution is 0.156. The molecule has 94 valence electrons. The van der Waals surface area contributed by atoms with Crippen LogP contribution in [0.15, 0.2) is 30.3 Å². The summed E-state index contributed by atoms with van der Waals surface area (Å²) in [4.78, 5) is 0. The van der Waals surface area contributed by atoms with Gasteiger partial charge in [-0.2, -0.15) is 0 Å². The second kappa shape index (κ2) is 6.15. The Morgan fingerprint density at radius 3 is 2.82 bits per heavy atom. The molecule has 3 unspecified atom stereocenters. The van der Waals surface area contributed by atoms with Gasteiger partial charge in [0.25, 0.3) is 0 Å². The molecule has 1 heterocycles. The van der Waals surface area contributed by atoms with E-state index in [9.17, 15) is 5.11 Å². The summed E-state index contributed by atoms with van der Waals surface area (Å²) in [6.07, 6.45) is 0.691. The second-order valence-corrected chi connectivity index (χ2v) is 4.75. The maximum Gasteiger partial charge on any atom is 0.0914 e. The molecule has 0 saturated carbocycles. The minimum absolute atomic E-state index is 0.399. The van der Waals surface area contributed by atoms with Crippen LogP contribution in [0.1, 0.15) is 25.0 Å². The number of hydrogen-bond acceptors (Lipinski definition) is 3. The van der Waals surface area contributed by atoms with Crippen molar-refractivity contribution in [3.8, 4) is 0 Å². The van der Waals surface area contributed by atoms with Crippen molar-refractivity contribution in [3.63, 3.8) is 0 Å². The molecule has 1 aliphatic heterocycles. The zero-order valence-electron chi connectivity index (χ0n) is 10.3. The van der Waals surface area contributed by atoms with E-state index in [1.165, 1.54) is 0 Å². The lowest BCUT2D eigenvalue weighted by Crippen LogP contribution is -2.36. The molecule has 0 amide bonds. The fraction of sp³-hybridized carbons (Fsp3) is 0.571. The number of aliphatic hydroxyl groups is 1. The fourth-order valence-electron chi connectivity index (χ4n) is 2.20. The number of rotatable bonds is 5. The Labute approximate surface area is 103 Å². The SMILES string of the molecule is CC(NCC(O)c1ccccc1)C1CCOC1. The molecule has 1 aromatic rings. The van der Waals surface area contributed by atoms with E-state index in [4.69, 9.17) is 4.74 Å². The number of nitrogens with one attached hydrogen (secondary N) is 1. The molecule has 1 saturated heterocycles. The lowest BCUT2D eigenvalue weighted by Gasteiger charge is -2.21. The average molecular weight is 235 g/mol. The molecule has 1 aromatic carbocycles. The van der Waals surface area contributed by atoms with Crippen molar-refractivity contribution in [3.05, 3.63) is 35.9 Å². The van der Waals surface area contributed by atoms with Crippen LogP contribution in [-0.2, 0) is 4.74 Å². The molecule has 0 spiro atoms. The van der Waals surface area contributed by atoms with Gasteiger partial charge in [-0.25, -0.2) is 0 Å². The Morgan fingerprint density at radius 1 is 1.41 bits per heavy atom. The van der Waals surface area contributed by atoms with Crippen LogP contribution in [0.2, 0.25) is 0 Å². The van der Waals surface area contributed by atoms with Gasteiger partial charge in [-0.3, -0.25) is 0 Å². The molecule has 3 atom stereocenters. The molecule has 2 rings (SSSR count). The van der Waals surface area contributed by atoms with E-state index in [0.717, 1.165) is 25.2 Å². The fourth-order valence-corrected chi connectivity index (χ4v) is 2.20. The minimum Gasteiger partial charge on any atom is -0.387 e. The van der Waals surface area contributed by atoms with Crippen LogP contribution in [0.4, 0.5) is 0 Å². The van der Waals surface area contributed by atoms with Crippen molar-refractivity contribution < 1.29 is 9.84 Å². The number of benzene rings is 1. The van der Waals surface area contributed by atoms with Crippen molar-refractivity contribution in [1.82, 2.24) is 5.32 Å². The van der Waals surface area contributed by atoms with Gasteiger partial charge in [-0.1, -0.05) is 30.3 Å². The Balaban J connectivity index is 1.77. The van der Waals surface area contributed by atoms with Crippen LogP contribution in [0, 0.1) is 5.92 Å². The highest BCUT2D eigenvalue weighted by atomic mass is 16.5. The number of aliphatic hydroxyl groups excluding tert-OH is 1. The predicted molar refractivity (Wildman–Crippen MR) is 67.8 cm³/mol. The van der Waals surface area contributed by atoms with Gasteiger partial charge in [0.15, 0.2) is 0 Å². The lowest BCUT2D eigenvalue weighted by atomic mass is 10.0. The van der Waals surface area contributed by atoms with Crippen LogP contribution in [0.5, 0.6) is 0 Å². The van der Waals surface area contributed by atoms with Gasteiger partial charge < -0.3 is 15.2 Å². The Bertz CT molecular complexity index is 322. The van der Waals surface area contributed by atoms with Crippen LogP contribution in [0.25, 0.3) is 0 Å². The van der Waals surface area contributed by atoms with Gasteiger partial charge in [-0.15, -0.1) is 0 Å². The monoisotopic (exact) mass is 235 g/mol. The van der Waals surface area contributed by atoms with Gasteiger partial charge in [0.2, 0.25) is 0 Å². The molecule has 3 heteroatoms. The van der Waals surface area contributed by atoms with Gasteiger partial charge >= 0.3 is 0 Å². The van der Waals surface area contributed by atoms with Gasteiger partial charge in [0, 0.05) is 19.2 Å². The third-order valence-corrected chi connectivity index (χ3v) is 3.49. The van der Waals surface area contributed by atoms with Crippen molar-refractivity contribution >= 4 is 0 Å². The summed E-state index contributed by atoms with van der Waals surface area (Å²) in [6, 6.07) is 10.2. The standard InChI is InChI=1S/C14H21NO2/c1-11(13-7-8-17-10-13)15-9-14(16)12-5-3-2-4-6-12/h2-6,11,13-16H,7-10H2,1H3. The highest BCUT2D eigenvalue weighted by Crippen LogP contribution is 2.17. The van der Waals surface area contributed by atoms with Crippen LogP contribution < -0.4 is 5.32 Å². The van der Waals surface area contributed by atoms with Crippen LogP contribution >= 0.6 is 0 Å². The van der Waals surface area contributed by atoms with Crippen molar-refractivity contribution in [2.24, 2.45) is 5.92 Å². The normalized spacial score (nSPS) is 23.5. The smallest absolute Gasteiger partial charge is 0.0914 e. The Kier molecular flexibility index (Phi) is 4.54. The molecule has 2 N–H and O–H groups in total. The first kappa shape index (κ1) is 12.6. The van der Waals surface area contributed by atoms with Crippen LogP contribution in [-0.4, -0.2) is 30.9 Å². The summed E-state index contributed by atoms with van der Waals surface area (Å²) in [7, 11) is 0. The van der Waals surface area contributed by atoms with Crippen molar-refractivity contribution in [2.45, 2.75) is 25.5 Å². The van der Waals surface area contributed by atoms with E-state index in [1.807, 2.05) is 30.3 Å².